The van der Waals surface area contributed by atoms with E-state index in [2.05, 4.69) is 5.32 Å². The second-order valence-corrected chi connectivity index (χ2v) is 7.69. The number of carbonyl (C=O) groups excluding carboxylic acids is 2. The van der Waals surface area contributed by atoms with Gasteiger partial charge in [0.15, 0.2) is 4.87 Å². The SMILES string of the molecule is CS[C@@]12Cc3ccccc3N1C(=O)[C@@]1(Cc3ccccc3O1)NC2=O. The third kappa shape index (κ3) is 1.75. The van der Waals surface area contributed by atoms with E-state index in [1.165, 1.54) is 11.8 Å². The molecule has 2 atom stereocenters. The van der Waals surface area contributed by atoms with Crippen molar-refractivity contribution in [1.82, 2.24) is 5.32 Å². The maximum Gasteiger partial charge on any atom is 0.294 e. The molecular weight excluding hydrogens is 336 g/mol. The fourth-order valence-corrected chi connectivity index (χ4v) is 4.97. The van der Waals surface area contributed by atoms with E-state index in [9.17, 15) is 9.59 Å². The Bertz CT molecular complexity index is 903. The van der Waals surface area contributed by atoms with Gasteiger partial charge < -0.3 is 10.1 Å². The third-order valence-corrected chi connectivity index (χ3v) is 6.46. The lowest BCUT2D eigenvalue weighted by atomic mass is 9.98. The van der Waals surface area contributed by atoms with E-state index in [0.717, 1.165) is 16.8 Å². The summed E-state index contributed by atoms with van der Waals surface area (Å²) in [6.45, 7) is 0. The van der Waals surface area contributed by atoms with Crippen LogP contribution in [0.15, 0.2) is 48.5 Å². The Kier molecular flexibility index (Phi) is 2.84. The average Bonchev–Trinajstić information content (AvgIpc) is 3.16. The van der Waals surface area contributed by atoms with Gasteiger partial charge in [0.25, 0.3) is 17.5 Å². The summed E-state index contributed by atoms with van der Waals surface area (Å²) in [6, 6.07) is 15.2. The number of hydrogen-bond acceptors (Lipinski definition) is 4. The van der Waals surface area contributed by atoms with Crippen LogP contribution in [0.25, 0.3) is 0 Å². The van der Waals surface area contributed by atoms with E-state index < -0.39 is 10.6 Å². The van der Waals surface area contributed by atoms with Crippen molar-refractivity contribution in [2.24, 2.45) is 0 Å². The first kappa shape index (κ1) is 14.8. The van der Waals surface area contributed by atoms with Gasteiger partial charge in [0.2, 0.25) is 0 Å². The Morgan fingerprint density at radius 2 is 1.76 bits per heavy atom. The van der Waals surface area contributed by atoms with Crippen molar-refractivity contribution in [3.8, 4) is 5.75 Å². The number of para-hydroxylation sites is 2. The highest BCUT2D eigenvalue weighted by Crippen LogP contribution is 2.49. The summed E-state index contributed by atoms with van der Waals surface area (Å²) in [4.78, 5) is 27.4. The van der Waals surface area contributed by atoms with Gasteiger partial charge in [0.1, 0.15) is 5.75 Å². The molecule has 0 bridgehead atoms. The number of ether oxygens (including phenoxy) is 1. The molecule has 126 valence electrons. The lowest BCUT2D eigenvalue weighted by Crippen LogP contribution is -2.76. The molecule has 25 heavy (non-hydrogen) atoms. The molecule has 2 amide bonds. The minimum atomic E-state index is -1.35. The molecule has 1 saturated heterocycles. The summed E-state index contributed by atoms with van der Waals surface area (Å²) in [5.74, 6) is 0.270. The van der Waals surface area contributed by atoms with Crippen molar-refractivity contribution in [3.05, 3.63) is 59.7 Å². The number of amides is 2. The number of benzene rings is 2. The Morgan fingerprint density at radius 3 is 2.52 bits per heavy atom. The summed E-state index contributed by atoms with van der Waals surface area (Å²) >= 11 is 1.40. The number of rotatable bonds is 1. The predicted octanol–water partition coefficient (Wildman–Crippen LogP) is 2.10. The molecule has 0 unspecified atom stereocenters. The average molecular weight is 352 g/mol. The van der Waals surface area contributed by atoms with Crippen LogP contribution in [-0.2, 0) is 22.4 Å². The largest absolute Gasteiger partial charge is 0.458 e. The number of fused-ring (bicyclic) bond motifs is 4. The molecule has 1 spiro atoms. The highest BCUT2D eigenvalue weighted by atomic mass is 32.2. The first-order valence-corrected chi connectivity index (χ1v) is 9.39. The van der Waals surface area contributed by atoms with Gasteiger partial charge in [-0.25, -0.2) is 0 Å². The summed E-state index contributed by atoms with van der Waals surface area (Å²) in [5, 5.41) is 2.91. The molecule has 0 radical (unpaired) electrons. The molecule has 5 nitrogen and oxygen atoms in total. The molecular formula is C19H16N2O3S. The van der Waals surface area contributed by atoms with E-state index in [1.54, 1.807) is 4.90 Å². The van der Waals surface area contributed by atoms with Gasteiger partial charge in [0, 0.05) is 24.1 Å². The molecule has 6 heteroatoms. The minimum absolute atomic E-state index is 0.177. The molecule has 1 fully saturated rings. The van der Waals surface area contributed by atoms with E-state index in [0.29, 0.717) is 18.6 Å². The molecule has 3 heterocycles. The van der Waals surface area contributed by atoms with Crippen LogP contribution in [0.5, 0.6) is 5.75 Å². The molecule has 0 aliphatic carbocycles. The Morgan fingerprint density at radius 1 is 1.04 bits per heavy atom. The lowest BCUT2D eigenvalue weighted by molar-refractivity contribution is -0.149. The molecule has 0 aromatic heterocycles. The quantitative estimate of drug-likeness (QED) is 0.854. The maximum absolute atomic E-state index is 13.5. The smallest absolute Gasteiger partial charge is 0.294 e. The second kappa shape index (κ2) is 4.79. The molecule has 3 aliphatic heterocycles. The highest BCUT2D eigenvalue weighted by Gasteiger charge is 2.64. The first-order chi connectivity index (χ1) is 12.1. The van der Waals surface area contributed by atoms with E-state index in [1.807, 2.05) is 54.8 Å². The zero-order valence-electron chi connectivity index (χ0n) is 13.6. The zero-order valence-corrected chi connectivity index (χ0v) is 14.4. The van der Waals surface area contributed by atoms with Gasteiger partial charge in [-0.3, -0.25) is 14.5 Å². The van der Waals surface area contributed by atoms with Crippen molar-refractivity contribution in [2.75, 3.05) is 11.2 Å². The van der Waals surface area contributed by atoms with Crippen LogP contribution in [0.3, 0.4) is 0 Å². The van der Waals surface area contributed by atoms with Gasteiger partial charge in [-0.15, -0.1) is 11.8 Å². The van der Waals surface area contributed by atoms with Crippen molar-refractivity contribution in [1.29, 1.82) is 0 Å². The minimum Gasteiger partial charge on any atom is -0.458 e. The standard InChI is InChI=1S/C19H16N2O3S/c1-25-19-11-12-6-2-4-8-14(12)21(19)17(23)18(20-16(19)22)10-13-7-3-5-9-15(13)24-18/h2-9H,10-11H2,1H3,(H,20,22)/t18-,19+/m0/s1. The van der Waals surface area contributed by atoms with Crippen molar-refractivity contribution in [3.63, 3.8) is 0 Å². The number of nitrogens with zero attached hydrogens (tertiary/aromatic N) is 1. The van der Waals surface area contributed by atoms with E-state index in [-0.39, 0.29) is 11.8 Å². The van der Waals surface area contributed by atoms with Crippen LogP contribution < -0.4 is 15.0 Å². The molecule has 5 rings (SSSR count). The topological polar surface area (TPSA) is 58.6 Å². The third-order valence-electron chi connectivity index (χ3n) is 5.28. The zero-order chi connectivity index (χ0) is 17.2. The van der Waals surface area contributed by atoms with Crippen LogP contribution in [0, 0.1) is 0 Å². The Labute approximate surface area is 149 Å². The number of anilines is 1. The maximum atomic E-state index is 13.5. The Balaban J connectivity index is 1.65. The van der Waals surface area contributed by atoms with Crippen LogP contribution in [0.2, 0.25) is 0 Å². The fraction of sp³-hybridized carbons (Fsp3) is 0.263. The fourth-order valence-electron chi connectivity index (χ4n) is 4.07. The molecule has 3 aliphatic rings. The number of hydrogen-bond donors (Lipinski definition) is 1. The summed E-state index contributed by atoms with van der Waals surface area (Å²) < 4.78 is 6.00. The molecule has 1 N–H and O–H groups in total. The van der Waals surface area contributed by atoms with Crippen molar-refractivity contribution >= 4 is 29.3 Å². The van der Waals surface area contributed by atoms with Crippen LogP contribution >= 0.6 is 11.8 Å². The van der Waals surface area contributed by atoms with Gasteiger partial charge >= 0.3 is 0 Å². The second-order valence-electron chi connectivity index (χ2n) is 6.60. The lowest BCUT2D eigenvalue weighted by Gasteiger charge is -2.46. The predicted molar refractivity (Wildman–Crippen MR) is 95.5 cm³/mol. The monoisotopic (exact) mass is 352 g/mol. The highest BCUT2D eigenvalue weighted by molar-refractivity contribution is 8.00. The van der Waals surface area contributed by atoms with Gasteiger partial charge in [0.05, 0.1) is 0 Å². The number of nitrogens with one attached hydrogen (secondary N) is 1. The van der Waals surface area contributed by atoms with Crippen LogP contribution in [0.1, 0.15) is 11.1 Å². The summed E-state index contributed by atoms with van der Waals surface area (Å²) in [6.07, 6.45) is 2.72. The van der Waals surface area contributed by atoms with Gasteiger partial charge in [-0.05, 0) is 24.0 Å². The van der Waals surface area contributed by atoms with E-state index in [4.69, 9.17) is 4.74 Å². The number of thioether (sulfide) groups is 1. The number of piperazine rings is 1. The Hall–Kier alpha value is -2.47. The molecule has 2 aromatic rings. The van der Waals surface area contributed by atoms with Crippen molar-refractivity contribution in [2.45, 2.75) is 23.4 Å². The summed E-state index contributed by atoms with van der Waals surface area (Å²) in [7, 11) is 0. The first-order valence-electron chi connectivity index (χ1n) is 8.17. The van der Waals surface area contributed by atoms with Crippen LogP contribution in [-0.4, -0.2) is 28.7 Å². The van der Waals surface area contributed by atoms with Gasteiger partial charge in [-0.2, -0.15) is 0 Å². The van der Waals surface area contributed by atoms with Gasteiger partial charge in [-0.1, -0.05) is 36.4 Å². The van der Waals surface area contributed by atoms with E-state index >= 15 is 0 Å². The number of carbonyl (C=O) groups is 2. The van der Waals surface area contributed by atoms with Crippen LogP contribution in [0.4, 0.5) is 5.69 Å². The molecule has 2 aromatic carbocycles. The summed E-state index contributed by atoms with van der Waals surface area (Å²) in [5.41, 5.74) is 1.39. The molecule has 0 saturated carbocycles. The normalized spacial score (nSPS) is 29.1. The van der Waals surface area contributed by atoms with Crippen molar-refractivity contribution < 1.29 is 14.3 Å².